The number of ether oxygens (including phenoxy) is 4. The SMILES string of the molecule is CCCCCCCCCCCCCCCCCCC(=O)O[C@H](COC(=O)CCCCCCCCC(C)CC)COP(=O)(O)OC[C@@H](O)COP(=O)(O)OC[C@@H](COC(=O)CCCCCCC)OC(=O)CCCCCCCCC. The van der Waals surface area contributed by atoms with Crippen LogP contribution in [0.2, 0.25) is 0 Å². The first-order chi connectivity index (χ1) is 37.6. The van der Waals surface area contributed by atoms with E-state index in [1.54, 1.807) is 0 Å². The Kier molecular flexibility index (Phi) is 51.8. The van der Waals surface area contributed by atoms with Crippen molar-refractivity contribution in [3.8, 4) is 0 Å². The number of rotatable bonds is 59. The summed E-state index contributed by atoms with van der Waals surface area (Å²) in [7, 11) is -9.86. The molecule has 6 atom stereocenters. The maximum Gasteiger partial charge on any atom is 0.472 e. The van der Waals surface area contributed by atoms with Crippen LogP contribution in [0.1, 0.15) is 291 Å². The molecule has 17 nitrogen and oxygen atoms in total. The molecule has 0 heterocycles. The van der Waals surface area contributed by atoms with Gasteiger partial charge in [-0.2, -0.15) is 0 Å². The number of carbonyl (C=O) groups excluding carboxylic acids is 4. The van der Waals surface area contributed by atoms with E-state index in [9.17, 15) is 43.2 Å². The molecule has 0 aliphatic rings. The van der Waals surface area contributed by atoms with Crippen molar-refractivity contribution in [3.05, 3.63) is 0 Å². The second kappa shape index (κ2) is 53.1. The number of esters is 4. The molecular weight excluding hydrogens is 1040 g/mol. The van der Waals surface area contributed by atoms with E-state index in [4.69, 9.17) is 37.0 Å². The maximum atomic E-state index is 12.9. The van der Waals surface area contributed by atoms with Crippen LogP contribution in [0.15, 0.2) is 0 Å². The van der Waals surface area contributed by atoms with Gasteiger partial charge in [0.15, 0.2) is 12.2 Å². The highest BCUT2D eigenvalue weighted by atomic mass is 31.2. The summed E-state index contributed by atoms with van der Waals surface area (Å²) < 4.78 is 67.5. The molecular formula is C59H114O17P2. The fourth-order valence-electron chi connectivity index (χ4n) is 8.67. The smallest absolute Gasteiger partial charge is 0.462 e. The molecule has 462 valence electrons. The van der Waals surface area contributed by atoms with Crippen LogP contribution in [0.4, 0.5) is 0 Å². The van der Waals surface area contributed by atoms with Crippen molar-refractivity contribution < 1.29 is 80.2 Å². The van der Waals surface area contributed by atoms with Gasteiger partial charge in [-0.05, 0) is 31.6 Å². The van der Waals surface area contributed by atoms with Crippen LogP contribution in [0.3, 0.4) is 0 Å². The summed E-state index contributed by atoms with van der Waals surface area (Å²) in [6.45, 7) is 6.99. The summed E-state index contributed by atoms with van der Waals surface area (Å²) in [5.41, 5.74) is 0. The predicted molar refractivity (Wildman–Crippen MR) is 308 cm³/mol. The Morgan fingerprint density at radius 1 is 0.359 bits per heavy atom. The Bertz CT molecular complexity index is 1540. The largest absolute Gasteiger partial charge is 0.472 e. The van der Waals surface area contributed by atoms with E-state index in [1.807, 2.05) is 0 Å². The predicted octanol–water partition coefficient (Wildman–Crippen LogP) is 15.8. The van der Waals surface area contributed by atoms with Crippen molar-refractivity contribution in [2.24, 2.45) is 5.92 Å². The molecule has 0 aromatic heterocycles. The van der Waals surface area contributed by atoms with Gasteiger partial charge in [-0.25, -0.2) is 9.13 Å². The monoisotopic (exact) mass is 1160 g/mol. The third-order valence-electron chi connectivity index (χ3n) is 13.9. The molecule has 78 heavy (non-hydrogen) atoms. The molecule has 0 bridgehead atoms. The average molecular weight is 1160 g/mol. The summed E-state index contributed by atoms with van der Waals surface area (Å²) >= 11 is 0. The van der Waals surface area contributed by atoms with Crippen molar-refractivity contribution in [3.63, 3.8) is 0 Å². The molecule has 3 unspecified atom stereocenters. The van der Waals surface area contributed by atoms with E-state index in [0.717, 1.165) is 121 Å². The number of hydrogen-bond acceptors (Lipinski definition) is 15. The Hall–Kier alpha value is -1.94. The summed E-state index contributed by atoms with van der Waals surface area (Å²) in [6, 6.07) is 0. The van der Waals surface area contributed by atoms with E-state index in [2.05, 4.69) is 34.6 Å². The van der Waals surface area contributed by atoms with Gasteiger partial charge in [0, 0.05) is 25.7 Å². The Balaban J connectivity index is 5.14. The molecule has 0 aromatic carbocycles. The van der Waals surface area contributed by atoms with Crippen molar-refractivity contribution in [1.29, 1.82) is 0 Å². The zero-order valence-electron chi connectivity index (χ0n) is 49.8. The summed E-state index contributed by atoms with van der Waals surface area (Å²) in [5, 5.41) is 10.5. The van der Waals surface area contributed by atoms with Crippen molar-refractivity contribution >= 4 is 39.5 Å². The first kappa shape index (κ1) is 76.1. The minimum Gasteiger partial charge on any atom is -0.462 e. The van der Waals surface area contributed by atoms with Gasteiger partial charge < -0.3 is 33.8 Å². The molecule has 0 aliphatic heterocycles. The molecule has 0 fully saturated rings. The molecule has 19 heteroatoms. The highest BCUT2D eigenvalue weighted by Gasteiger charge is 2.30. The molecule has 0 spiro atoms. The fraction of sp³-hybridized carbons (Fsp3) is 0.932. The minimum atomic E-state index is -4.94. The normalized spacial score (nSPS) is 14.7. The summed E-state index contributed by atoms with van der Waals surface area (Å²) in [4.78, 5) is 71.6. The molecule has 0 saturated heterocycles. The van der Waals surface area contributed by atoms with Crippen LogP contribution >= 0.6 is 15.6 Å². The van der Waals surface area contributed by atoms with E-state index in [0.29, 0.717) is 25.7 Å². The quantitative estimate of drug-likeness (QED) is 0.0222. The number of phosphoric ester groups is 2. The maximum absolute atomic E-state index is 12.9. The van der Waals surface area contributed by atoms with Crippen LogP contribution in [-0.4, -0.2) is 96.7 Å². The molecule has 0 aromatic rings. The lowest BCUT2D eigenvalue weighted by Crippen LogP contribution is -2.30. The minimum absolute atomic E-state index is 0.103. The fourth-order valence-corrected chi connectivity index (χ4v) is 10.2. The lowest BCUT2D eigenvalue weighted by atomic mass is 10.00. The zero-order valence-corrected chi connectivity index (χ0v) is 51.6. The Morgan fingerprint density at radius 3 is 0.910 bits per heavy atom. The lowest BCUT2D eigenvalue weighted by Gasteiger charge is -2.21. The topological polar surface area (TPSA) is 237 Å². The van der Waals surface area contributed by atoms with Crippen molar-refractivity contribution in [2.75, 3.05) is 39.6 Å². The Labute approximate surface area is 473 Å². The van der Waals surface area contributed by atoms with E-state index < -0.39 is 97.5 Å². The van der Waals surface area contributed by atoms with Crippen LogP contribution < -0.4 is 0 Å². The highest BCUT2D eigenvalue weighted by molar-refractivity contribution is 7.47. The van der Waals surface area contributed by atoms with Gasteiger partial charge in [-0.1, -0.05) is 240 Å². The molecule has 0 amide bonds. The molecule has 0 radical (unpaired) electrons. The molecule has 0 aliphatic carbocycles. The number of aliphatic hydroxyl groups is 1. The standard InChI is InChI=1S/C59H114O17P2/c1-6-10-13-16-18-19-20-21-22-23-24-25-26-28-35-40-45-59(64)76-55(49-70-57(62)43-38-33-30-29-32-36-41-52(5)9-4)51-74-78(67,68)72-47-53(60)46-71-77(65,66)73-50-54(48-69-56(61)42-37-31-15-12-8-3)75-58(63)44-39-34-27-17-14-11-7-2/h52-55,60H,6-51H2,1-5H3,(H,65,66)(H,67,68)/t52?,53-,54+,55+/m0/s1. The number of phosphoric acid groups is 2. The second-order valence-corrected chi connectivity index (χ2v) is 24.5. The van der Waals surface area contributed by atoms with Gasteiger partial charge in [0.05, 0.1) is 26.4 Å². The number of aliphatic hydroxyl groups excluding tert-OH is 1. The number of carbonyl (C=O) groups is 4. The first-order valence-corrected chi connectivity index (χ1v) is 34.2. The van der Waals surface area contributed by atoms with Crippen molar-refractivity contribution in [1.82, 2.24) is 0 Å². The average Bonchev–Trinajstić information content (AvgIpc) is 3.41. The first-order valence-electron chi connectivity index (χ1n) is 31.2. The second-order valence-electron chi connectivity index (χ2n) is 21.6. The van der Waals surface area contributed by atoms with Gasteiger partial charge >= 0.3 is 39.5 Å². The van der Waals surface area contributed by atoms with Crippen molar-refractivity contribution in [2.45, 2.75) is 310 Å². The van der Waals surface area contributed by atoms with E-state index in [1.165, 1.54) is 89.9 Å². The molecule has 3 N–H and O–H groups in total. The number of hydrogen-bond donors (Lipinski definition) is 3. The third-order valence-corrected chi connectivity index (χ3v) is 15.8. The third kappa shape index (κ3) is 52.2. The Morgan fingerprint density at radius 2 is 0.615 bits per heavy atom. The van der Waals surface area contributed by atoms with Crippen LogP contribution in [0, 0.1) is 5.92 Å². The zero-order chi connectivity index (χ0) is 57.8. The van der Waals surface area contributed by atoms with Gasteiger partial charge in [-0.3, -0.25) is 37.3 Å². The number of unbranched alkanes of at least 4 members (excludes halogenated alkanes) is 30. The molecule has 0 rings (SSSR count). The van der Waals surface area contributed by atoms with Crippen LogP contribution in [-0.2, 0) is 65.4 Å². The molecule has 0 saturated carbocycles. The van der Waals surface area contributed by atoms with E-state index >= 15 is 0 Å². The highest BCUT2D eigenvalue weighted by Crippen LogP contribution is 2.45. The van der Waals surface area contributed by atoms with Crippen LogP contribution in [0.25, 0.3) is 0 Å². The van der Waals surface area contributed by atoms with Gasteiger partial charge in [0.25, 0.3) is 0 Å². The van der Waals surface area contributed by atoms with Crippen LogP contribution in [0.5, 0.6) is 0 Å². The van der Waals surface area contributed by atoms with Gasteiger partial charge in [0.2, 0.25) is 0 Å². The van der Waals surface area contributed by atoms with Gasteiger partial charge in [0.1, 0.15) is 19.3 Å². The summed E-state index contributed by atoms with van der Waals surface area (Å²) in [5.74, 6) is -1.42. The van der Waals surface area contributed by atoms with E-state index in [-0.39, 0.29) is 25.7 Å². The lowest BCUT2D eigenvalue weighted by molar-refractivity contribution is -0.161. The van der Waals surface area contributed by atoms with Gasteiger partial charge in [-0.15, -0.1) is 0 Å². The summed E-state index contributed by atoms with van der Waals surface area (Å²) in [6.07, 6.45) is 35.4.